The number of carbonyl (C=O) groups is 3. The average molecular weight is 483 g/mol. The Morgan fingerprint density at radius 3 is 2.85 bits per heavy atom. The number of rotatable bonds is 7. The van der Waals surface area contributed by atoms with Crippen molar-refractivity contribution in [3.63, 3.8) is 0 Å². The second-order valence-electron chi connectivity index (χ2n) is 8.89. The van der Waals surface area contributed by atoms with Crippen LogP contribution in [-0.2, 0) is 22.7 Å². The lowest BCUT2D eigenvalue weighted by Gasteiger charge is -2.27. The summed E-state index contributed by atoms with van der Waals surface area (Å²) in [6, 6.07) is 5.86. The Bertz CT molecular complexity index is 1310. The minimum absolute atomic E-state index is 0.0000250. The first kappa shape index (κ1) is 22.5. The van der Waals surface area contributed by atoms with Gasteiger partial charge in [0.25, 0.3) is 0 Å². The van der Waals surface area contributed by atoms with Crippen molar-refractivity contribution in [2.75, 3.05) is 0 Å². The lowest BCUT2D eigenvalue weighted by molar-refractivity contribution is -0.140. The molecule has 9 heteroatoms. The predicted octanol–water partition coefficient (Wildman–Crippen LogP) is 3.73. The summed E-state index contributed by atoms with van der Waals surface area (Å²) in [6.45, 7) is 1.80. The van der Waals surface area contributed by atoms with E-state index in [1.54, 1.807) is 53.2 Å². The maximum Gasteiger partial charge on any atom is 0.243 e. The third-order valence-corrected chi connectivity index (χ3v) is 7.08. The minimum Gasteiger partial charge on any atom is -0.350 e. The molecule has 2 aromatic heterocycles. The zero-order valence-electron chi connectivity index (χ0n) is 18.6. The zero-order valence-corrected chi connectivity index (χ0v) is 19.4. The molecule has 1 saturated heterocycles. The maximum atomic E-state index is 14.2. The molecule has 1 aliphatic heterocycles. The van der Waals surface area contributed by atoms with Crippen LogP contribution in [0.2, 0.25) is 5.02 Å². The van der Waals surface area contributed by atoms with Crippen LogP contribution in [0.15, 0.2) is 42.9 Å². The summed E-state index contributed by atoms with van der Waals surface area (Å²) < 4.78 is 15.9. The molecule has 0 radical (unpaired) electrons. The van der Waals surface area contributed by atoms with Crippen molar-refractivity contribution in [1.82, 2.24) is 19.8 Å². The first-order valence-corrected chi connectivity index (χ1v) is 11.7. The van der Waals surface area contributed by atoms with Crippen LogP contribution in [0, 0.1) is 11.7 Å². The standard InChI is InChI=1S/C25H24ClFN4O3/c1-2-22(32)17-12-30(21-11-28-7-6-16(17)21)13-23(33)31-19-8-15(19)9-20(31)25(34)29-10-14-4-3-5-18(26)24(14)27/h3-7,11-12,15,19-20H,2,8-10,13H2,1H3,(H,29,34)/t15-,19-,20+/m1/s1. The number of hydrogen-bond donors (Lipinski definition) is 1. The molecular formula is C25H24ClFN4O3. The quantitative estimate of drug-likeness (QED) is 0.520. The Balaban J connectivity index is 1.33. The number of hydrogen-bond acceptors (Lipinski definition) is 4. The van der Waals surface area contributed by atoms with Crippen molar-refractivity contribution in [1.29, 1.82) is 0 Å². The highest BCUT2D eigenvalue weighted by Gasteiger charge is 2.55. The fourth-order valence-corrected chi connectivity index (χ4v) is 5.14. The number of piperidine rings is 1. The molecule has 176 valence electrons. The fraction of sp³-hybridized carbons (Fsp3) is 0.360. The maximum absolute atomic E-state index is 14.2. The van der Waals surface area contributed by atoms with Gasteiger partial charge in [-0.1, -0.05) is 30.7 Å². The molecule has 1 N–H and O–H groups in total. The van der Waals surface area contributed by atoms with Crippen LogP contribution in [-0.4, -0.2) is 44.1 Å². The summed E-state index contributed by atoms with van der Waals surface area (Å²) in [5.41, 5.74) is 1.56. The van der Waals surface area contributed by atoms with Crippen LogP contribution >= 0.6 is 11.6 Å². The number of nitrogens with zero attached hydrogens (tertiary/aromatic N) is 3. The first-order valence-electron chi connectivity index (χ1n) is 11.4. The number of fused-ring (bicyclic) bond motifs is 2. The topological polar surface area (TPSA) is 84.3 Å². The number of likely N-dealkylation sites (tertiary alicyclic amines) is 1. The molecule has 1 saturated carbocycles. The van der Waals surface area contributed by atoms with E-state index in [-0.39, 0.29) is 41.8 Å². The molecule has 0 unspecified atom stereocenters. The van der Waals surface area contributed by atoms with Crippen molar-refractivity contribution < 1.29 is 18.8 Å². The fourth-order valence-electron chi connectivity index (χ4n) is 4.94. The molecule has 5 rings (SSSR count). The van der Waals surface area contributed by atoms with E-state index in [1.807, 2.05) is 0 Å². The second-order valence-corrected chi connectivity index (χ2v) is 9.29. The van der Waals surface area contributed by atoms with Crippen LogP contribution in [0.4, 0.5) is 4.39 Å². The molecule has 2 fully saturated rings. The van der Waals surface area contributed by atoms with E-state index >= 15 is 0 Å². The Kier molecular flexibility index (Phi) is 5.85. The van der Waals surface area contributed by atoms with Gasteiger partial charge in [0.05, 0.1) is 16.7 Å². The molecule has 2 aliphatic rings. The Morgan fingerprint density at radius 1 is 1.24 bits per heavy atom. The van der Waals surface area contributed by atoms with E-state index in [2.05, 4.69) is 10.3 Å². The number of ketones is 1. The van der Waals surface area contributed by atoms with Crippen LogP contribution in [0.3, 0.4) is 0 Å². The molecule has 3 heterocycles. The summed E-state index contributed by atoms with van der Waals surface area (Å²) in [5, 5.41) is 3.52. The summed E-state index contributed by atoms with van der Waals surface area (Å²) in [4.78, 5) is 44.6. The van der Waals surface area contributed by atoms with E-state index in [0.29, 0.717) is 35.4 Å². The number of benzene rings is 1. The van der Waals surface area contributed by atoms with Crippen molar-refractivity contribution >= 4 is 40.1 Å². The zero-order chi connectivity index (χ0) is 24.0. The number of Topliss-reactive ketones (excluding diaryl/α,β-unsaturated/α-hetero) is 1. The average Bonchev–Trinajstić information content (AvgIpc) is 3.35. The number of amides is 2. The lowest BCUT2D eigenvalue weighted by atomic mass is 10.1. The van der Waals surface area contributed by atoms with Gasteiger partial charge in [-0.05, 0) is 30.9 Å². The van der Waals surface area contributed by atoms with Gasteiger partial charge in [-0.25, -0.2) is 4.39 Å². The molecule has 3 aromatic rings. The number of carbonyl (C=O) groups excluding carboxylic acids is 3. The highest BCUT2D eigenvalue weighted by molar-refractivity contribution is 6.30. The van der Waals surface area contributed by atoms with Crippen molar-refractivity contribution in [2.24, 2.45) is 5.92 Å². The molecular weight excluding hydrogens is 459 g/mol. The highest BCUT2D eigenvalue weighted by Crippen LogP contribution is 2.48. The predicted molar refractivity (Wildman–Crippen MR) is 125 cm³/mol. The number of halogens is 2. The first-order chi connectivity index (χ1) is 16.4. The molecule has 7 nitrogen and oxygen atoms in total. The molecule has 2 amide bonds. The smallest absolute Gasteiger partial charge is 0.243 e. The monoisotopic (exact) mass is 482 g/mol. The van der Waals surface area contributed by atoms with Crippen molar-refractivity contribution in [3.8, 4) is 0 Å². The van der Waals surface area contributed by atoms with Crippen LogP contribution < -0.4 is 5.32 Å². The Labute approximate surface area is 200 Å². The van der Waals surface area contributed by atoms with Gasteiger partial charge in [-0.3, -0.25) is 19.4 Å². The third kappa shape index (κ3) is 3.96. The molecule has 34 heavy (non-hydrogen) atoms. The van der Waals surface area contributed by atoms with Gasteiger partial charge in [-0.15, -0.1) is 0 Å². The number of nitrogens with one attached hydrogen (secondary N) is 1. The summed E-state index contributed by atoms with van der Waals surface area (Å²) in [5.74, 6) is -0.743. The SMILES string of the molecule is CCC(=O)c1cn(CC(=O)N2[C@@H]3C[C@@H]3C[C@H]2C(=O)NCc2cccc(Cl)c2F)c2cnccc12. The van der Waals surface area contributed by atoms with Crippen LogP contribution in [0.25, 0.3) is 10.9 Å². The summed E-state index contributed by atoms with van der Waals surface area (Å²) >= 11 is 5.83. The molecule has 0 bridgehead atoms. The molecule has 3 atom stereocenters. The molecule has 1 aromatic carbocycles. The van der Waals surface area contributed by atoms with Gasteiger partial charge in [-0.2, -0.15) is 0 Å². The highest BCUT2D eigenvalue weighted by atomic mass is 35.5. The van der Waals surface area contributed by atoms with Crippen molar-refractivity contribution in [3.05, 3.63) is 64.8 Å². The van der Waals surface area contributed by atoms with Gasteiger partial charge in [0, 0.05) is 47.9 Å². The number of aromatic nitrogens is 2. The van der Waals surface area contributed by atoms with Gasteiger partial charge < -0.3 is 14.8 Å². The third-order valence-electron chi connectivity index (χ3n) is 6.79. The lowest BCUT2D eigenvalue weighted by Crippen LogP contribution is -2.48. The number of pyridine rings is 1. The van der Waals surface area contributed by atoms with Crippen molar-refractivity contribution in [2.45, 2.75) is 51.4 Å². The van der Waals surface area contributed by atoms with Gasteiger partial charge in [0.1, 0.15) is 18.4 Å². The van der Waals surface area contributed by atoms with E-state index in [4.69, 9.17) is 11.6 Å². The largest absolute Gasteiger partial charge is 0.350 e. The molecule has 0 spiro atoms. The van der Waals surface area contributed by atoms with Gasteiger partial charge in [0.2, 0.25) is 11.8 Å². The summed E-state index contributed by atoms with van der Waals surface area (Å²) in [7, 11) is 0. The van der Waals surface area contributed by atoms with Crippen LogP contribution in [0.5, 0.6) is 0 Å². The molecule has 1 aliphatic carbocycles. The van der Waals surface area contributed by atoms with E-state index in [0.717, 1.165) is 11.8 Å². The Hall–Kier alpha value is -3.26. The second kappa shape index (κ2) is 8.83. The Morgan fingerprint density at radius 2 is 2.06 bits per heavy atom. The van der Waals surface area contributed by atoms with Gasteiger partial charge in [0.15, 0.2) is 5.78 Å². The normalized spacial score (nSPS) is 20.9. The minimum atomic E-state index is -0.602. The van der Waals surface area contributed by atoms with E-state index in [9.17, 15) is 18.8 Å². The van der Waals surface area contributed by atoms with Crippen LogP contribution in [0.1, 0.15) is 42.1 Å². The van der Waals surface area contributed by atoms with Gasteiger partial charge >= 0.3 is 0 Å². The van der Waals surface area contributed by atoms with E-state index < -0.39 is 11.9 Å². The summed E-state index contributed by atoms with van der Waals surface area (Å²) in [6.07, 6.45) is 6.80. The van der Waals surface area contributed by atoms with E-state index in [1.165, 1.54) is 6.07 Å².